The molecule has 0 aliphatic carbocycles. The van der Waals surface area contributed by atoms with Crippen molar-refractivity contribution in [1.29, 1.82) is 0 Å². The molecule has 2 aromatic rings. The number of amides is 1. The summed E-state index contributed by atoms with van der Waals surface area (Å²) in [6, 6.07) is 1.64. The van der Waals surface area contributed by atoms with E-state index in [0.29, 0.717) is 41.2 Å². The molecule has 1 aromatic carbocycles. The number of carbonyl (C=O) groups is 1. The van der Waals surface area contributed by atoms with Gasteiger partial charge >= 0.3 is 0 Å². The third-order valence-electron chi connectivity index (χ3n) is 4.88. The summed E-state index contributed by atoms with van der Waals surface area (Å²) < 4.78 is 17.8. The molecule has 1 aromatic heterocycles. The average molecular weight is 361 g/mol. The van der Waals surface area contributed by atoms with E-state index in [1.807, 2.05) is 0 Å². The zero-order valence-electron chi connectivity index (χ0n) is 15.4. The molecule has 2 heterocycles. The summed E-state index contributed by atoms with van der Waals surface area (Å²) in [7, 11) is 4.52. The topological polar surface area (TPSA) is 82.9 Å². The molecule has 26 heavy (non-hydrogen) atoms. The first-order valence-corrected chi connectivity index (χ1v) is 8.47. The maximum absolute atomic E-state index is 13.1. The van der Waals surface area contributed by atoms with Gasteiger partial charge in [-0.1, -0.05) is 0 Å². The monoisotopic (exact) mass is 361 g/mol. The van der Waals surface area contributed by atoms with E-state index in [1.165, 1.54) is 21.3 Å². The van der Waals surface area contributed by atoms with Gasteiger partial charge in [0, 0.05) is 26.1 Å². The minimum Gasteiger partial charge on any atom is -0.493 e. The first-order valence-electron chi connectivity index (χ1n) is 8.47. The predicted molar refractivity (Wildman–Crippen MR) is 96.2 cm³/mol. The van der Waals surface area contributed by atoms with E-state index in [4.69, 9.17) is 14.2 Å². The van der Waals surface area contributed by atoms with Crippen LogP contribution in [0.2, 0.25) is 0 Å². The fourth-order valence-corrected chi connectivity index (χ4v) is 3.46. The maximum Gasteiger partial charge on any atom is 0.261 e. The third kappa shape index (κ3) is 2.95. The van der Waals surface area contributed by atoms with Crippen LogP contribution in [0.15, 0.2) is 17.2 Å². The number of carbonyl (C=O) groups excluding carboxylic acids is 1. The highest BCUT2D eigenvalue weighted by Gasteiger charge is 2.25. The number of nitrogens with zero attached hydrogens (tertiary/aromatic N) is 3. The van der Waals surface area contributed by atoms with Gasteiger partial charge in [0.15, 0.2) is 11.5 Å². The number of fused-ring (bicyclic) bond motifs is 1. The van der Waals surface area contributed by atoms with Crippen molar-refractivity contribution in [3.63, 3.8) is 0 Å². The fourth-order valence-electron chi connectivity index (χ4n) is 3.46. The molecular weight excluding hydrogens is 338 g/mol. The summed E-state index contributed by atoms with van der Waals surface area (Å²) in [6.07, 6.45) is 2.99. The second-order valence-corrected chi connectivity index (χ2v) is 6.24. The van der Waals surface area contributed by atoms with Gasteiger partial charge in [-0.2, -0.15) is 0 Å². The highest BCUT2D eigenvalue weighted by atomic mass is 16.5. The number of piperidine rings is 1. The van der Waals surface area contributed by atoms with E-state index in [9.17, 15) is 9.59 Å². The second kappa shape index (κ2) is 7.23. The van der Waals surface area contributed by atoms with Crippen LogP contribution in [0, 0.1) is 0 Å². The summed E-state index contributed by atoms with van der Waals surface area (Å²) in [5.74, 6) is 1.26. The van der Waals surface area contributed by atoms with Crippen molar-refractivity contribution in [1.82, 2.24) is 14.5 Å². The maximum atomic E-state index is 13.1. The Balaban J connectivity index is 2.06. The number of ether oxygens (including phenoxy) is 3. The molecule has 8 heteroatoms. The molecule has 1 aliphatic heterocycles. The highest BCUT2D eigenvalue weighted by molar-refractivity contribution is 5.89. The van der Waals surface area contributed by atoms with Crippen molar-refractivity contribution in [3.8, 4) is 17.2 Å². The fraction of sp³-hybridized carbons (Fsp3) is 0.500. The van der Waals surface area contributed by atoms with Gasteiger partial charge in [-0.3, -0.25) is 14.2 Å². The van der Waals surface area contributed by atoms with Crippen LogP contribution in [0.5, 0.6) is 17.2 Å². The Kier molecular flexibility index (Phi) is 5.01. The highest BCUT2D eigenvalue weighted by Crippen LogP contribution is 2.41. The lowest BCUT2D eigenvalue weighted by Crippen LogP contribution is -2.39. The van der Waals surface area contributed by atoms with E-state index >= 15 is 0 Å². The number of rotatable bonds is 4. The van der Waals surface area contributed by atoms with E-state index in [0.717, 1.165) is 12.8 Å². The largest absolute Gasteiger partial charge is 0.493 e. The van der Waals surface area contributed by atoms with Gasteiger partial charge in [-0.15, -0.1) is 0 Å². The number of aromatic nitrogens is 2. The Morgan fingerprint density at radius 3 is 2.31 bits per heavy atom. The summed E-state index contributed by atoms with van der Waals surface area (Å²) >= 11 is 0. The molecule has 0 N–H and O–H groups in total. The normalized spacial score (nSPS) is 15.2. The Bertz CT molecular complexity index is 885. The van der Waals surface area contributed by atoms with E-state index < -0.39 is 0 Å². The van der Waals surface area contributed by atoms with Gasteiger partial charge in [-0.25, -0.2) is 4.98 Å². The minimum atomic E-state index is -0.157. The van der Waals surface area contributed by atoms with Crippen LogP contribution in [-0.4, -0.2) is 54.8 Å². The number of methoxy groups -OCH3 is 3. The molecule has 1 amide bonds. The van der Waals surface area contributed by atoms with Crippen LogP contribution in [0.3, 0.4) is 0 Å². The van der Waals surface area contributed by atoms with Crippen LogP contribution < -0.4 is 19.8 Å². The lowest BCUT2D eigenvalue weighted by molar-refractivity contribution is -0.130. The van der Waals surface area contributed by atoms with Gasteiger partial charge in [0.1, 0.15) is 5.52 Å². The lowest BCUT2D eigenvalue weighted by Gasteiger charge is -2.32. The molecule has 1 saturated heterocycles. The molecular formula is C18H23N3O5. The molecule has 140 valence electrons. The smallest absolute Gasteiger partial charge is 0.261 e. The number of hydrogen-bond acceptors (Lipinski definition) is 6. The molecule has 0 atom stereocenters. The number of likely N-dealkylation sites (tertiary alicyclic amines) is 1. The van der Waals surface area contributed by atoms with Crippen molar-refractivity contribution in [3.05, 3.63) is 22.7 Å². The Labute approximate surface area is 151 Å². The van der Waals surface area contributed by atoms with Crippen LogP contribution >= 0.6 is 0 Å². The molecule has 1 fully saturated rings. The summed E-state index contributed by atoms with van der Waals surface area (Å²) in [5.41, 5.74) is 0.281. The van der Waals surface area contributed by atoms with Crippen molar-refractivity contribution < 1.29 is 19.0 Å². The van der Waals surface area contributed by atoms with Crippen molar-refractivity contribution >= 4 is 16.8 Å². The van der Waals surface area contributed by atoms with Crippen molar-refractivity contribution in [2.75, 3.05) is 34.4 Å². The van der Waals surface area contributed by atoms with Gasteiger partial charge < -0.3 is 19.1 Å². The summed E-state index contributed by atoms with van der Waals surface area (Å²) in [4.78, 5) is 30.8. The Morgan fingerprint density at radius 1 is 1.12 bits per heavy atom. The van der Waals surface area contributed by atoms with Crippen LogP contribution in [-0.2, 0) is 4.79 Å². The van der Waals surface area contributed by atoms with E-state index in [2.05, 4.69) is 4.98 Å². The van der Waals surface area contributed by atoms with Crippen LogP contribution in [0.4, 0.5) is 0 Å². The molecule has 0 saturated carbocycles. The van der Waals surface area contributed by atoms with Gasteiger partial charge in [0.25, 0.3) is 5.56 Å². The standard InChI is InChI=1S/C18H23N3O5/c1-11(22)20-7-5-12(6-8-20)21-10-19-15-13(18(21)23)9-14(24-2)16(25-3)17(15)26-4/h9-10,12H,5-8H2,1-4H3. The molecule has 8 nitrogen and oxygen atoms in total. The molecule has 0 radical (unpaired) electrons. The molecule has 0 spiro atoms. The van der Waals surface area contributed by atoms with Gasteiger partial charge in [-0.05, 0) is 18.9 Å². The molecule has 0 bridgehead atoms. The lowest BCUT2D eigenvalue weighted by atomic mass is 10.0. The first-order chi connectivity index (χ1) is 12.5. The Morgan fingerprint density at radius 2 is 1.77 bits per heavy atom. The average Bonchev–Trinajstić information content (AvgIpc) is 2.66. The van der Waals surface area contributed by atoms with Crippen LogP contribution in [0.1, 0.15) is 25.8 Å². The van der Waals surface area contributed by atoms with Crippen molar-refractivity contribution in [2.45, 2.75) is 25.8 Å². The molecule has 1 aliphatic rings. The van der Waals surface area contributed by atoms with Crippen LogP contribution in [0.25, 0.3) is 10.9 Å². The first kappa shape index (κ1) is 18.0. The molecule has 0 unspecified atom stereocenters. The second-order valence-electron chi connectivity index (χ2n) is 6.24. The summed E-state index contributed by atoms with van der Waals surface area (Å²) in [6.45, 7) is 2.84. The number of hydrogen-bond donors (Lipinski definition) is 0. The van der Waals surface area contributed by atoms with Crippen molar-refractivity contribution in [2.24, 2.45) is 0 Å². The molecule has 3 rings (SSSR count). The minimum absolute atomic E-state index is 0.00842. The predicted octanol–water partition coefficient (Wildman–Crippen LogP) is 1.61. The SMILES string of the molecule is COc1cc2c(=O)n(C3CCN(C(C)=O)CC3)cnc2c(OC)c1OC. The van der Waals surface area contributed by atoms with Gasteiger partial charge in [0.05, 0.1) is 33.0 Å². The zero-order valence-corrected chi connectivity index (χ0v) is 15.4. The number of benzene rings is 1. The quantitative estimate of drug-likeness (QED) is 0.823. The van der Waals surface area contributed by atoms with E-state index in [-0.39, 0.29) is 17.5 Å². The summed E-state index contributed by atoms with van der Waals surface area (Å²) in [5, 5.41) is 0.413. The van der Waals surface area contributed by atoms with Gasteiger partial charge in [0.2, 0.25) is 11.7 Å². The van der Waals surface area contributed by atoms with E-state index in [1.54, 1.807) is 28.8 Å². The third-order valence-corrected chi connectivity index (χ3v) is 4.88. The zero-order chi connectivity index (χ0) is 18.8. The Hall–Kier alpha value is -2.77.